The van der Waals surface area contributed by atoms with E-state index in [0.717, 1.165) is 12.1 Å². The summed E-state index contributed by atoms with van der Waals surface area (Å²) in [4.78, 5) is 11.9. The Morgan fingerprint density at radius 1 is 1.30 bits per heavy atom. The maximum Gasteiger partial charge on any atom is 0.251 e. The Kier molecular flexibility index (Phi) is 3.94. The monoisotopic (exact) mass is 304 g/mol. The predicted molar refractivity (Wildman–Crippen MR) is 70.4 cm³/mol. The molecule has 1 fully saturated rings. The van der Waals surface area contributed by atoms with E-state index in [1.807, 2.05) is 0 Å². The van der Waals surface area contributed by atoms with Gasteiger partial charge in [0.2, 0.25) is 0 Å². The first-order valence-corrected chi connectivity index (χ1v) is 7.82. The number of carbonyl (C=O) groups excluding carboxylic acids is 1. The van der Waals surface area contributed by atoms with E-state index in [1.54, 1.807) is 0 Å². The first-order chi connectivity index (χ1) is 9.32. The van der Waals surface area contributed by atoms with E-state index in [1.165, 1.54) is 7.05 Å². The van der Waals surface area contributed by atoms with Crippen LogP contribution >= 0.6 is 0 Å². The number of nitrogens with one attached hydrogen (secondary N) is 2. The molecule has 0 saturated carbocycles. The summed E-state index contributed by atoms with van der Waals surface area (Å²) in [5.74, 6) is -2.57. The molecule has 1 saturated heterocycles. The molecule has 0 radical (unpaired) electrons. The van der Waals surface area contributed by atoms with Crippen LogP contribution in [0.5, 0.6) is 0 Å². The highest BCUT2D eigenvalue weighted by Gasteiger charge is 2.29. The summed E-state index contributed by atoms with van der Waals surface area (Å²) in [6.45, 7) is 0. The second-order valence-electron chi connectivity index (χ2n) is 4.64. The van der Waals surface area contributed by atoms with Crippen molar-refractivity contribution in [3.8, 4) is 0 Å². The van der Waals surface area contributed by atoms with Crippen LogP contribution < -0.4 is 10.6 Å². The molecule has 1 aromatic carbocycles. The summed E-state index contributed by atoms with van der Waals surface area (Å²) in [5, 5.41) is 4.82. The number of anilines is 1. The number of amides is 1. The molecule has 2 N–H and O–H groups in total. The highest BCUT2D eigenvalue weighted by molar-refractivity contribution is 7.91. The number of halogens is 2. The van der Waals surface area contributed by atoms with Crippen LogP contribution in [0, 0.1) is 11.6 Å². The number of hydrogen-bond donors (Lipinski definition) is 2. The van der Waals surface area contributed by atoms with Gasteiger partial charge in [-0.3, -0.25) is 4.79 Å². The highest BCUT2D eigenvalue weighted by Crippen LogP contribution is 2.20. The zero-order chi connectivity index (χ0) is 14.9. The normalized spacial score (nSPS) is 20.6. The molecule has 1 aliphatic rings. The molecule has 0 aromatic heterocycles. The molecule has 1 unspecified atom stereocenters. The Labute approximate surface area is 115 Å². The molecule has 110 valence electrons. The van der Waals surface area contributed by atoms with Gasteiger partial charge in [0, 0.05) is 18.7 Å². The van der Waals surface area contributed by atoms with Gasteiger partial charge in [0.1, 0.15) is 17.3 Å². The van der Waals surface area contributed by atoms with E-state index in [2.05, 4.69) is 10.6 Å². The predicted octanol–water partition coefficient (Wildman–Crippen LogP) is 0.923. The summed E-state index contributed by atoms with van der Waals surface area (Å²) in [6, 6.07) is 1.31. The lowest BCUT2D eigenvalue weighted by Gasteiger charge is -2.12. The van der Waals surface area contributed by atoms with Crippen molar-refractivity contribution >= 4 is 21.4 Å². The molecular formula is C12H14F2N2O3S. The zero-order valence-corrected chi connectivity index (χ0v) is 11.6. The van der Waals surface area contributed by atoms with E-state index in [4.69, 9.17) is 0 Å². The van der Waals surface area contributed by atoms with Gasteiger partial charge in [-0.1, -0.05) is 0 Å². The van der Waals surface area contributed by atoms with Gasteiger partial charge in [-0.25, -0.2) is 17.2 Å². The lowest BCUT2D eigenvalue weighted by atomic mass is 10.1. The average Bonchev–Trinajstić information content (AvgIpc) is 2.68. The number of carbonyl (C=O) groups is 1. The lowest BCUT2D eigenvalue weighted by molar-refractivity contribution is 0.0940. The van der Waals surface area contributed by atoms with Crippen LogP contribution in [0.1, 0.15) is 16.8 Å². The summed E-state index contributed by atoms with van der Waals surface area (Å²) in [5.41, 5.74) is -0.492. The fourth-order valence-corrected chi connectivity index (χ4v) is 3.79. The Morgan fingerprint density at radius 3 is 2.35 bits per heavy atom. The van der Waals surface area contributed by atoms with Gasteiger partial charge in [-0.2, -0.15) is 0 Å². The van der Waals surface area contributed by atoms with Crippen LogP contribution in [0.15, 0.2) is 12.1 Å². The molecule has 1 aliphatic heterocycles. The van der Waals surface area contributed by atoms with Crippen LogP contribution in [0.3, 0.4) is 0 Å². The van der Waals surface area contributed by atoms with Crippen LogP contribution in [0.2, 0.25) is 0 Å². The summed E-state index contributed by atoms with van der Waals surface area (Å²) in [6.07, 6.45) is 0.313. The topological polar surface area (TPSA) is 75.3 Å². The van der Waals surface area contributed by atoms with E-state index in [-0.39, 0.29) is 22.8 Å². The molecule has 0 aliphatic carbocycles. The van der Waals surface area contributed by atoms with Crippen molar-refractivity contribution in [2.24, 2.45) is 0 Å². The third-order valence-electron chi connectivity index (χ3n) is 3.12. The molecule has 2 rings (SSSR count). The van der Waals surface area contributed by atoms with Crippen molar-refractivity contribution in [2.75, 3.05) is 23.9 Å². The molecule has 1 amide bonds. The average molecular weight is 304 g/mol. The van der Waals surface area contributed by atoms with Crippen molar-refractivity contribution in [3.63, 3.8) is 0 Å². The van der Waals surface area contributed by atoms with Gasteiger partial charge in [0.05, 0.1) is 11.5 Å². The molecule has 0 spiro atoms. The molecule has 0 bridgehead atoms. The number of sulfone groups is 1. The fraction of sp³-hybridized carbons (Fsp3) is 0.417. The van der Waals surface area contributed by atoms with Crippen LogP contribution in [0.25, 0.3) is 0 Å². The maximum atomic E-state index is 13.5. The van der Waals surface area contributed by atoms with Crippen molar-refractivity contribution in [2.45, 2.75) is 12.5 Å². The third-order valence-corrected chi connectivity index (χ3v) is 4.89. The van der Waals surface area contributed by atoms with Gasteiger partial charge in [-0.05, 0) is 18.6 Å². The highest BCUT2D eigenvalue weighted by atomic mass is 32.2. The van der Waals surface area contributed by atoms with Gasteiger partial charge in [-0.15, -0.1) is 0 Å². The first-order valence-electron chi connectivity index (χ1n) is 6.00. The largest absolute Gasteiger partial charge is 0.383 e. The zero-order valence-electron chi connectivity index (χ0n) is 10.7. The number of rotatable bonds is 3. The van der Waals surface area contributed by atoms with Crippen molar-refractivity contribution < 1.29 is 22.0 Å². The maximum absolute atomic E-state index is 13.5. The van der Waals surface area contributed by atoms with Crippen LogP contribution in [-0.2, 0) is 9.84 Å². The van der Waals surface area contributed by atoms with E-state index >= 15 is 0 Å². The van der Waals surface area contributed by atoms with E-state index in [0.29, 0.717) is 6.42 Å². The molecule has 1 heterocycles. The quantitative estimate of drug-likeness (QED) is 0.871. The molecule has 20 heavy (non-hydrogen) atoms. The smallest absolute Gasteiger partial charge is 0.251 e. The molecular weight excluding hydrogens is 290 g/mol. The molecule has 1 atom stereocenters. The van der Waals surface area contributed by atoms with E-state index in [9.17, 15) is 22.0 Å². The minimum absolute atomic E-state index is 0.0133. The minimum atomic E-state index is -3.12. The van der Waals surface area contributed by atoms with Crippen molar-refractivity contribution in [3.05, 3.63) is 29.3 Å². The number of hydrogen-bond acceptors (Lipinski definition) is 4. The standard InChI is InChI=1S/C12H14F2N2O3S/c1-15-11-9(13)4-7(5-10(11)14)12(17)16-8-2-3-20(18,19)6-8/h4-5,8,15H,2-3,6H2,1H3,(H,16,17). The Bertz CT molecular complexity index is 623. The Morgan fingerprint density at radius 2 is 1.90 bits per heavy atom. The van der Waals surface area contributed by atoms with Gasteiger partial charge < -0.3 is 10.6 Å². The third kappa shape index (κ3) is 3.06. The van der Waals surface area contributed by atoms with Crippen molar-refractivity contribution in [1.29, 1.82) is 0 Å². The minimum Gasteiger partial charge on any atom is -0.383 e. The summed E-state index contributed by atoms with van der Waals surface area (Å²) in [7, 11) is -1.76. The van der Waals surface area contributed by atoms with Crippen molar-refractivity contribution in [1.82, 2.24) is 5.32 Å². The second-order valence-corrected chi connectivity index (χ2v) is 6.87. The second kappa shape index (κ2) is 5.35. The summed E-state index contributed by atoms with van der Waals surface area (Å²) >= 11 is 0. The summed E-state index contributed by atoms with van der Waals surface area (Å²) < 4.78 is 49.6. The van der Waals surface area contributed by atoms with Gasteiger partial charge >= 0.3 is 0 Å². The van der Waals surface area contributed by atoms with Gasteiger partial charge in [0.25, 0.3) is 5.91 Å². The Hall–Kier alpha value is -1.70. The molecule has 8 heteroatoms. The van der Waals surface area contributed by atoms with Gasteiger partial charge in [0.15, 0.2) is 9.84 Å². The fourth-order valence-electron chi connectivity index (χ4n) is 2.12. The molecule has 1 aromatic rings. The van der Waals surface area contributed by atoms with Crippen LogP contribution in [-0.4, -0.2) is 38.9 Å². The van der Waals surface area contributed by atoms with Crippen LogP contribution in [0.4, 0.5) is 14.5 Å². The number of benzene rings is 1. The first kappa shape index (κ1) is 14.7. The van der Waals surface area contributed by atoms with E-state index < -0.39 is 33.4 Å². The SMILES string of the molecule is CNc1c(F)cc(C(=O)NC2CCS(=O)(=O)C2)cc1F. The lowest BCUT2D eigenvalue weighted by Crippen LogP contribution is -2.35. The molecule has 5 nitrogen and oxygen atoms in total. The Balaban J connectivity index is 2.14.